The lowest BCUT2D eigenvalue weighted by Gasteiger charge is -2.24. The highest BCUT2D eigenvalue weighted by Crippen LogP contribution is 2.27. The molecule has 0 aliphatic carbocycles. The van der Waals surface area contributed by atoms with E-state index in [-0.39, 0.29) is 6.67 Å². The van der Waals surface area contributed by atoms with E-state index < -0.39 is 0 Å². The summed E-state index contributed by atoms with van der Waals surface area (Å²) < 4.78 is 10.3. The van der Waals surface area contributed by atoms with Crippen LogP contribution < -0.4 is 5.32 Å². The summed E-state index contributed by atoms with van der Waals surface area (Å²) in [5, 5.41) is 3.58. The molecular weight excluding hydrogens is 333 g/mol. The molecule has 2 heteroatoms. The van der Waals surface area contributed by atoms with E-state index in [0.717, 1.165) is 12.5 Å². The van der Waals surface area contributed by atoms with Crippen molar-refractivity contribution >= 4 is 5.70 Å². The first-order chi connectivity index (χ1) is 13.1. The zero-order valence-corrected chi connectivity index (χ0v) is 17.6. The minimum absolute atomic E-state index is 0.250. The third-order valence-corrected chi connectivity index (χ3v) is 4.29. The van der Waals surface area contributed by atoms with E-state index in [4.69, 9.17) is 0 Å². The average Bonchev–Trinajstić information content (AvgIpc) is 2.71. The second-order valence-electron chi connectivity index (χ2n) is 6.90. The monoisotopic (exact) mass is 369 g/mol. The summed E-state index contributed by atoms with van der Waals surface area (Å²) in [4.78, 5) is 0. The van der Waals surface area contributed by atoms with Gasteiger partial charge < -0.3 is 5.32 Å². The molecule has 2 aromatic rings. The molecule has 0 bridgehead atoms. The summed E-state index contributed by atoms with van der Waals surface area (Å²) >= 11 is 0. The van der Waals surface area contributed by atoms with Crippen LogP contribution >= 0.6 is 0 Å². The van der Waals surface area contributed by atoms with Gasteiger partial charge in [0.15, 0.2) is 0 Å². The lowest BCUT2D eigenvalue weighted by Crippen LogP contribution is -2.23. The molecule has 0 radical (unpaired) electrons. The van der Waals surface area contributed by atoms with Crippen LogP contribution in [0.3, 0.4) is 0 Å². The Hall–Kier alpha value is -2.09. The highest BCUT2D eigenvalue weighted by molar-refractivity contribution is 5.72. The second kappa shape index (κ2) is 13.1. The van der Waals surface area contributed by atoms with E-state index >= 15 is 0 Å². The SMILES string of the molecule is CC.CC(C)CC1C=C(c2cccc(-c3ccccc3)c2)NCC1.CCF. The van der Waals surface area contributed by atoms with Crippen LogP contribution in [0.1, 0.15) is 53.0 Å². The predicted octanol–water partition coefficient (Wildman–Crippen LogP) is 7.35. The number of allylic oxidation sites excluding steroid dienone is 1. The van der Waals surface area contributed by atoms with Crippen LogP contribution in [-0.4, -0.2) is 13.2 Å². The molecule has 1 heterocycles. The predicted molar refractivity (Wildman–Crippen MR) is 118 cm³/mol. The Kier molecular flexibility index (Phi) is 11.2. The van der Waals surface area contributed by atoms with Crippen molar-refractivity contribution < 1.29 is 4.39 Å². The van der Waals surface area contributed by atoms with Gasteiger partial charge in [0.1, 0.15) is 0 Å². The summed E-state index contributed by atoms with van der Waals surface area (Å²) in [5.41, 5.74) is 5.16. The van der Waals surface area contributed by atoms with E-state index in [9.17, 15) is 4.39 Å². The molecule has 0 saturated carbocycles. The van der Waals surface area contributed by atoms with Crippen molar-refractivity contribution in [1.29, 1.82) is 0 Å². The van der Waals surface area contributed by atoms with Gasteiger partial charge >= 0.3 is 0 Å². The fraction of sp³-hybridized carbons (Fsp3) is 0.440. The Morgan fingerprint density at radius 2 is 1.56 bits per heavy atom. The van der Waals surface area contributed by atoms with Gasteiger partial charge in [-0.2, -0.15) is 0 Å². The van der Waals surface area contributed by atoms with Crippen LogP contribution in [0.25, 0.3) is 16.8 Å². The van der Waals surface area contributed by atoms with Gasteiger partial charge in [0.2, 0.25) is 0 Å². The third-order valence-electron chi connectivity index (χ3n) is 4.29. The molecule has 1 atom stereocenters. The van der Waals surface area contributed by atoms with Crippen molar-refractivity contribution in [1.82, 2.24) is 5.32 Å². The summed E-state index contributed by atoms with van der Waals surface area (Å²) in [7, 11) is 0. The van der Waals surface area contributed by atoms with Crippen molar-refractivity contribution in [2.75, 3.05) is 13.2 Å². The lowest BCUT2D eigenvalue weighted by molar-refractivity contribution is 0.439. The Bertz CT molecular complexity index is 661. The second-order valence-corrected chi connectivity index (χ2v) is 6.90. The normalized spacial score (nSPS) is 15.5. The molecular formula is C25H36FN. The van der Waals surface area contributed by atoms with Gasteiger partial charge in [-0.1, -0.05) is 82.3 Å². The molecule has 1 aliphatic rings. The van der Waals surface area contributed by atoms with Crippen LogP contribution in [0.2, 0.25) is 0 Å². The average molecular weight is 370 g/mol. The van der Waals surface area contributed by atoms with E-state index in [1.807, 2.05) is 13.8 Å². The topological polar surface area (TPSA) is 12.0 Å². The molecule has 2 aromatic carbocycles. The number of hydrogen-bond donors (Lipinski definition) is 1. The number of benzene rings is 2. The molecule has 27 heavy (non-hydrogen) atoms. The maximum absolute atomic E-state index is 10.3. The van der Waals surface area contributed by atoms with E-state index in [2.05, 4.69) is 79.8 Å². The fourth-order valence-electron chi connectivity index (χ4n) is 3.26. The Labute approximate surface area is 165 Å². The summed E-state index contributed by atoms with van der Waals surface area (Å²) in [5.74, 6) is 1.47. The third kappa shape index (κ3) is 7.99. The fourth-order valence-corrected chi connectivity index (χ4v) is 3.26. The standard InChI is InChI=1S/C21H25N.C2H5F.C2H6/c1-16(2)13-17-11-12-22-21(14-17)20-10-6-9-19(15-20)18-7-4-3-5-8-18;1-2-3;1-2/h3-10,14-17,22H,11-13H2,1-2H3;2H2,1H3;1-2H3. The highest BCUT2D eigenvalue weighted by Gasteiger charge is 2.15. The zero-order chi connectivity index (χ0) is 20.1. The van der Waals surface area contributed by atoms with E-state index in [1.165, 1.54) is 42.2 Å². The molecule has 1 nitrogen and oxygen atoms in total. The van der Waals surface area contributed by atoms with Crippen LogP contribution in [0.5, 0.6) is 0 Å². The highest BCUT2D eigenvalue weighted by atomic mass is 19.1. The molecule has 0 amide bonds. The molecule has 0 spiro atoms. The number of hydrogen-bond acceptors (Lipinski definition) is 1. The molecule has 1 aliphatic heterocycles. The number of halogens is 1. The van der Waals surface area contributed by atoms with Crippen molar-refractivity contribution in [3.05, 3.63) is 66.2 Å². The van der Waals surface area contributed by atoms with Gasteiger partial charge in [-0.15, -0.1) is 0 Å². The Morgan fingerprint density at radius 3 is 2.19 bits per heavy atom. The first-order valence-electron chi connectivity index (χ1n) is 10.3. The zero-order valence-electron chi connectivity index (χ0n) is 17.6. The summed E-state index contributed by atoms with van der Waals surface area (Å²) in [6, 6.07) is 19.5. The van der Waals surface area contributed by atoms with E-state index in [1.54, 1.807) is 0 Å². The quantitative estimate of drug-likeness (QED) is 0.594. The van der Waals surface area contributed by atoms with Crippen molar-refractivity contribution in [3.63, 3.8) is 0 Å². The maximum Gasteiger partial charge on any atom is 0.0866 e. The smallest absolute Gasteiger partial charge is 0.0866 e. The molecule has 1 unspecified atom stereocenters. The summed E-state index contributed by atoms with van der Waals surface area (Å²) in [6.07, 6.45) is 4.97. The number of rotatable bonds is 4. The molecule has 0 fully saturated rings. The summed E-state index contributed by atoms with van der Waals surface area (Å²) in [6.45, 7) is 10.9. The molecule has 0 aromatic heterocycles. The van der Waals surface area contributed by atoms with E-state index in [0.29, 0.717) is 5.92 Å². The first kappa shape index (κ1) is 23.0. The lowest BCUT2D eigenvalue weighted by atomic mass is 9.89. The van der Waals surface area contributed by atoms with Crippen LogP contribution in [0.4, 0.5) is 4.39 Å². The van der Waals surface area contributed by atoms with Crippen molar-refractivity contribution in [3.8, 4) is 11.1 Å². The van der Waals surface area contributed by atoms with Gasteiger partial charge in [0.25, 0.3) is 0 Å². The molecule has 3 rings (SSSR count). The molecule has 148 valence electrons. The van der Waals surface area contributed by atoms with Gasteiger partial charge in [0, 0.05) is 12.2 Å². The Balaban J connectivity index is 0.000000665. The Morgan fingerprint density at radius 1 is 0.963 bits per heavy atom. The van der Waals surface area contributed by atoms with Crippen LogP contribution in [0, 0.1) is 11.8 Å². The molecule has 0 saturated heterocycles. The maximum atomic E-state index is 10.3. The minimum atomic E-state index is -0.250. The van der Waals surface area contributed by atoms with Crippen molar-refractivity contribution in [2.24, 2.45) is 11.8 Å². The van der Waals surface area contributed by atoms with Gasteiger partial charge in [-0.3, -0.25) is 4.39 Å². The van der Waals surface area contributed by atoms with Gasteiger partial charge in [-0.25, -0.2) is 0 Å². The van der Waals surface area contributed by atoms with Crippen molar-refractivity contribution in [2.45, 2.75) is 47.5 Å². The van der Waals surface area contributed by atoms with Gasteiger partial charge in [0.05, 0.1) is 6.67 Å². The van der Waals surface area contributed by atoms with Gasteiger partial charge in [-0.05, 0) is 54.4 Å². The first-order valence-corrected chi connectivity index (χ1v) is 10.3. The molecule has 1 N–H and O–H groups in total. The number of nitrogens with one attached hydrogen (secondary N) is 1. The van der Waals surface area contributed by atoms with Crippen LogP contribution in [0.15, 0.2) is 60.7 Å². The number of alkyl halides is 1. The van der Waals surface area contributed by atoms with Crippen LogP contribution in [-0.2, 0) is 0 Å². The minimum Gasteiger partial charge on any atom is -0.385 e. The largest absolute Gasteiger partial charge is 0.385 e.